The fraction of sp³-hybridized carbons (Fsp3) is 0.0606. The largest absolute Gasteiger partial charge is 0.489 e. The first kappa shape index (κ1) is 23.1. The molecule has 0 aliphatic carbocycles. The molecule has 3 nitrogen and oxygen atoms in total. The van der Waals surface area contributed by atoms with Gasteiger partial charge in [-0.25, -0.2) is 4.98 Å². The summed E-state index contributed by atoms with van der Waals surface area (Å²) in [7, 11) is 0. The number of imidazole rings is 1. The maximum Gasteiger partial charge on any atom is 0.141 e. The quantitative estimate of drug-likeness (QED) is 0.219. The van der Waals surface area contributed by atoms with Crippen molar-refractivity contribution in [3.05, 3.63) is 144 Å². The van der Waals surface area contributed by atoms with Crippen LogP contribution in [0.4, 0.5) is 0 Å². The van der Waals surface area contributed by atoms with Gasteiger partial charge in [0.25, 0.3) is 0 Å². The molecule has 0 fully saturated rings. The molecule has 5 aromatic carbocycles. The van der Waals surface area contributed by atoms with Crippen molar-refractivity contribution in [2.45, 2.75) is 13.2 Å². The third-order valence-corrected chi connectivity index (χ3v) is 6.72. The van der Waals surface area contributed by atoms with Crippen LogP contribution in [-0.4, -0.2) is 9.55 Å². The molecule has 0 saturated heterocycles. The second-order valence-electron chi connectivity index (χ2n) is 9.02. The van der Waals surface area contributed by atoms with Crippen molar-refractivity contribution in [2.75, 3.05) is 0 Å². The minimum absolute atomic E-state index is 0.519. The fourth-order valence-electron chi connectivity index (χ4n) is 4.54. The van der Waals surface area contributed by atoms with E-state index < -0.39 is 0 Å². The minimum Gasteiger partial charge on any atom is -0.489 e. The lowest BCUT2D eigenvalue weighted by Crippen LogP contribution is -2.02. The number of aromatic nitrogens is 2. The van der Waals surface area contributed by atoms with E-state index in [1.165, 1.54) is 11.1 Å². The van der Waals surface area contributed by atoms with Crippen LogP contribution in [0.15, 0.2) is 127 Å². The van der Waals surface area contributed by atoms with Crippen LogP contribution >= 0.6 is 11.6 Å². The zero-order chi connectivity index (χ0) is 25.0. The van der Waals surface area contributed by atoms with Gasteiger partial charge in [0.15, 0.2) is 0 Å². The summed E-state index contributed by atoms with van der Waals surface area (Å²) in [5.41, 5.74) is 7.71. The molecule has 1 heterocycles. The molecule has 4 heteroatoms. The Morgan fingerprint density at radius 3 is 2.00 bits per heavy atom. The van der Waals surface area contributed by atoms with Gasteiger partial charge in [0.2, 0.25) is 0 Å². The first-order valence-corrected chi connectivity index (χ1v) is 12.7. The molecule has 0 aliphatic rings. The number of fused-ring (bicyclic) bond motifs is 1. The summed E-state index contributed by atoms with van der Waals surface area (Å²) < 4.78 is 8.35. The van der Waals surface area contributed by atoms with Crippen molar-refractivity contribution in [1.29, 1.82) is 0 Å². The molecule has 6 aromatic rings. The molecule has 0 amide bonds. The Morgan fingerprint density at radius 1 is 0.622 bits per heavy atom. The number of benzene rings is 5. The standard InChI is InChI=1S/C33H25ClN2O/c34-29-17-11-24(12-18-29)22-36-32-20-19-30(37-23-25-7-3-1-4-8-25)21-31(32)35-33(36)28-15-13-27(14-16-28)26-9-5-2-6-10-26/h1-21H,22-23H2. The number of halogens is 1. The van der Waals surface area contributed by atoms with Crippen LogP contribution in [0.5, 0.6) is 5.75 Å². The summed E-state index contributed by atoms with van der Waals surface area (Å²) in [5.74, 6) is 1.73. The van der Waals surface area contributed by atoms with Crippen molar-refractivity contribution in [1.82, 2.24) is 9.55 Å². The molecule has 1 aromatic heterocycles. The van der Waals surface area contributed by atoms with Gasteiger partial charge in [-0.15, -0.1) is 0 Å². The highest BCUT2D eigenvalue weighted by molar-refractivity contribution is 6.30. The van der Waals surface area contributed by atoms with Crippen LogP contribution in [0.2, 0.25) is 5.02 Å². The zero-order valence-electron chi connectivity index (χ0n) is 20.2. The molecule has 0 bridgehead atoms. The molecular weight excluding hydrogens is 476 g/mol. The number of nitrogens with zero attached hydrogens (tertiary/aromatic N) is 2. The van der Waals surface area contributed by atoms with Crippen LogP contribution in [0.3, 0.4) is 0 Å². The first-order chi connectivity index (χ1) is 18.2. The van der Waals surface area contributed by atoms with Gasteiger partial charge in [0.05, 0.1) is 11.0 Å². The fourth-order valence-corrected chi connectivity index (χ4v) is 4.66. The van der Waals surface area contributed by atoms with Gasteiger partial charge < -0.3 is 9.30 Å². The molecule has 6 rings (SSSR count). The first-order valence-electron chi connectivity index (χ1n) is 12.3. The normalized spacial score (nSPS) is 11.1. The maximum atomic E-state index is 6.14. The number of hydrogen-bond donors (Lipinski definition) is 0. The molecule has 0 saturated carbocycles. The molecule has 0 unspecified atom stereocenters. The second kappa shape index (κ2) is 10.3. The van der Waals surface area contributed by atoms with Crippen molar-refractivity contribution in [3.63, 3.8) is 0 Å². The SMILES string of the molecule is Clc1ccc(Cn2c(-c3ccc(-c4ccccc4)cc3)nc3cc(OCc4ccccc4)ccc32)cc1. The lowest BCUT2D eigenvalue weighted by atomic mass is 10.0. The van der Waals surface area contributed by atoms with E-state index in [9.17, 15) is 0 Å². The van der Waals surface area contributed by atoms with Crippen LogP contribution in [-0.2, 0) is 13.2 Å². The van der Waals surface area contributed by atoms with Gasteiger partial charge in [-0.05, 0) is 46.5 Å². The molecule has 0 aliphatic heterocycles. The van der Waals surface area contributed by atoms with Crippen LogP contribution in [0.1, 0.15) is 11.1 Å². The zero-order valence-corrected chi connectivity index (χ0v) is 21.0. The maximum absolute atomic E-state index is 6.14. The van der Waals surface area contributed by atoms with E-state index in [1.54, 1.807) is 0 Å². The average molecular weight is 501 g/mol. The Bertz CT molecular complexity index is 1620. The van der Waals surface area contributed by atoms with Crippen molar-refractivity contribution < 1.29 is 4.74 Å². The molecule has 0 atom stereocenters. The molecule has 0 radical (unpaired) electrons. The lowest BCUT2D eigenvalue weighted by molar-refractivity contribution is 0.306. The Labute approximate surface area is 221 Å². The van der Waals surface area contributed by atoms with Crippen LogP contribution in [0, 0.1) is 0 Å². The average Bonchev–Trinajstić information content (AvgIpc) is 3.31. The third kappa shape index (κ3) is 5.13. The smallest absolute Gasteiger partial charge is 0.141 e. The Kier molecular flexibility index (Phi) is 6.45. The Hall–Kier alpha value is -4.34. The summed E-state index contributed by atoms with van der Waals surface area (Å²) in [6.07, 6.45) is 0. The van der Waals surface area contributed by atoms with Crippen molar-refractivity contribution in [3.8, 4) is 28.3 Å². The van der Waals surface area contributed by atoms with Crippen LogP contribution in [0.25, 0.3) is 33.5 Å². The van der Waals surface area contributed by atoms with E-state index in [2.05, 4.69) is 83.4 Å². The van der Waals surface area contributed by atoms with Gasteiger partial charge in [-0.1, -0.05) is 109 Å². The second-order valence-corrected chi connectivity index (χ2v) is 9.45. The predicted octanol–water partition coefficient (Wildman–Crippen LogP) is 8.65. The van der Waals surface area contributed by atoms with E-state index in [0.717, 1.165) is 44.3 Å². The summed E-state index contributed by atoms with van der Waals surface area (Å²) in [4.78, 5) is 5.07. The van der Waals surface area contributed by atoms with Crippen LogP contribution < -0.4 is 4.74 Å². The van der Waals surface area contributed by atoms with Crippen molar-refractivity contribution in [2.24, 2.45) is 0 Å². The highest BCUT2D eigenvalue weighted by atomic mass is 35.5. The lowest BCUT2D eigenvalue weighted by Gasteiger charge is -2.11. The third-order valence-electron chi connectivity index (χ3n) is 6.47. The van der Waals surface area contributed by atoms with Gasteiger partial charge in [0, 0.05) is 23.2 Å². The summed E-state index contributed by atoms with van der Waals surface area (Å²) in [6, 6.07) is 43.3. The van der Waals surface area contributed by atoms with E-state index in [4.69, 9.17) is 21.3 Å². The number of hydrogen-bond acceptors (Lipinski definition) is 2. The molecule has 180 valence electrons. The highest BCUT2D eigenvalue weighted by Gasteiger charge is 2.15. The monoisotopic (exact) mass is 500 g/mol. The predicted molar refractivity (Wildman–Crippen MR) is 152 cm³/mol. The summed E-state index contributed by atoms with van der Waals surface area (Å²) in [5, 5.41) is 0.733. The minimum atomic E-state index is 0.519. The molecule has 37 heavy (non-hydrogen) atoms. The van der Waals surface area contributed by atoms with Gasteiger partial charge in [-0.2, -0.15) is 0 Å². The van der Waals surface area contributed by atoms with E-state index in [1.807, 2.05) is 48.5 Å². The molecule has 0 spiro atoms. The summed E-state index contributed by atoms with van der Waals surface area (Å²) >= 11 is 6.14. The highest BCUT2D eigenvalue weighted by Crippen LogP contribution is 2.30. The van der Waals surface area contributed by atoms with Gasteiger partial charge in [0.1, 0.15) is 18.2 Å². The topological polar surface area (TPSA) is 27.1 Å². The van der Waals surface area contributed by atoms with E-state index in [0.29, 0.717) is 13.2 Å². The Balaban J connectivity index is 1.37. The molecule has 0 N–H and O–H groups in total. The molecular formula is C33H25ClN2O. The summed E-state index contributed by atoms with van der Waals surface area (Å²) in [6.45, 7) is 1.21. The van der Waals surface area contributed by atoms with E-state index >= 15 is 0 Å². The number of ether oxygens (including phenoxy) is 1. The van der Waals surface area contributed by atoms with E-state index in [-0.39, 0.29) is 0 Å². The van der Waals surface area contributed by atoms with Crippen molar-refractivity contribution >= 4 is 22.6 Å². The number of rotatable bonds is 7. The Morgan fingerprint density at radius 2 is 1.27 bits per heavy atom. The van der Waals surface area contributed by atoms with Gasteiger partial charge >= 0.3 is 0 Å². The van der Waals surface area contributed by atoms with Gasteiger partial charge in [-0.3, -0.25) is 0 Å².